The van der Waals surface area contributed by atoms with Crippen molar-refractivity contribution in [1.29, 1.82) is 0 Å². The Balaban J connectivity index is 1.66. The SMILES string of the molecule is Nc1ncnc2c1c(-c1ccc(-c3cccc(F)c3)cc1F)nn2[C@@H]1CCNC1. The Morgan fingerprint density at radius 3 is 2.69 bits per heavy atom. The molecule has 146 valence electrons. The highest BCUT2D eigenvalue weighted by Gasteiger charge is 2.25. The summed E-state index contributed by atoms with van der Waals surface area (Å²) < 4.78 is 30.5. The van der Waals surface area contributed by atoms with Crippen molar-refractivity contribution in [3.63, 3.8) is 0 Å². The summed E-state index contributed by atoms with van der Waals surface area (Å²) in [5.74, 6) is -0.575. The summed E-state index contributed by atoms with van der Waals surface area (Å²) in [5, 5.41) is 8.51. The Kier molecular flexibility index (Phi) is 4.21. The van der Waals surface area contributed by atoms with Crippen LogP contribution >= 0.6 is 0 Å². The number of rotatable bonds is 3. The molecule has 5 rings (SSSR count). The lowest BCUT2D eigenvalue weighted by Crippen LogP contribution is -2.15. The van der Waals surface area contributed by atoms with Gasteiger partial charge in [-0.2, -0.15) is 5.10 Å². The number of hydrogen-bond donors (Lipinski definition) is 2. The lowest BCUT2D eigenvalue weighted by molar-refractivity contribution is 0.504. The fourth-order valence-corrected chi connectivity index (χ4v) is 3.84. The van der Waals surface area contributed by atoms with Crippen LogP contribution in [0.3, 0.4) is 0 Å². The van der Waals surface area contributed by atoms with Crippen molar-refractivity contribution in [3.05, 3.63) is 60.4 Å². The molecule has 1 aliphatic rings. The molecule has 3 heterocycles. The van der Waals surface area contributed by atoms with E-state index >= 15 is 4.39 Å². The number of fused-ring (bicyclic) bond motifs is 1. The maximum absolute atomic E-state index is 15.1. The molecule has 6 nitrogen and oxygen atoms in total. The maximum Gasteiger partial charge on any atom is 0.164 e. The minimum Gasteiger partial charge on any atom is -0.383 e. The van der Waals surface area contributed by atoms with E-state index in [1.165, 1.54) is 24.5 Å². The molecule has 0 spiro atoms. The van der Waals surface area contributed by atoms with E-state index in [4.69, 9.17) is 5.73 Å². The standard InChI is InChI=1S/C21H18F2N6/c22-14-3-1-2-12(8-14)13-4-5-16(17(23)9-13)19-18-20(24)26-11-27-21(18)29(28-19)15-6-7-25-10-15/h1-5,8-9,11,15,25H,6-7,10H2,(H2,24,26,27)/t15-/m1/s1. The third-order valence-corrected chi connectivity index (χ3v) is 5.28. The van der Waals surface area contributed by atoms with Crippen LogP contribution in [0.4, 0.5) is 14.6 Å². The van der Waals surface area contributed by atoms with Gasteiger partial charge in [0.15, 0.2) is 5.65 Å². The van der Waals surface area contributed by atoms with E-state index in [1.807, 2.05) is 4.68 Å². The first-order chi connectivity index (χ1) is 14.1. The summed E-state index contributed by atoms with van der Waals surface area (Å²) >= 11 is 0. The molecule has 8 heteroatoms. The zero-order valence-corrected chi connectivity index (χ0v) is 15.4. The van der Waals surface area contributed by atoms with Crippen molar-refractivity contribution in [2.24, 2.45) is 0 Å². The zero-order chi connectivity index (χ0) is 20.0. The van der Waals surface area contributed by atoms with Crippen molar-refractivity contribution in [2.75, 3.05) is 18.8 Å². The Bertz CT molecular complexity index is 1210. The predicted octanol–water partition coefficient (Wildman–Crippen LogP) is 3.56. The molecule has 2 aromatic carbocycles. The number of nitrogen functional groups attached to an aromatic ring is 1. The van der Waals surface area contributed by atoms with E-state index in [9.17, 15) is 4.39 Å². The normalized spacial score (nSPS) is 16.6. The zero-order valence-electron chi connectivity index (χ0n) is 15.4. The van der Waals surface area contributed by atoms with Gasteiger partial charge in [0.05, 0.1) is 11.4 Å². The summed E-state index contributed by atoms with van der Waals surface area (Å²) in [6.45, 7) is 1.65. The van der Waals surface area contributed by atoms with Crippen molar-refractivity contribution in [3.8, 4) is 22.4 Å². The highest BCUT2D eigenvalue weighted by Crippen LogP contribution is 2.35. The first-order valence-electron chi connectivity index (χ1n) is 9.37. The van der Waals surface area contributed by atoms with E-state index in [0.29, 0.717) is 33.4 Å². The molecule has 0 saturated carbocycles. The largest absolute Gasteiger partial charge is 0.383 e. The fourth-order valence-electron chi connectivity index (χ4n) is 3.84. The van der Waals surface area contributed by atoms with Crippen molar-refractivity contribution in [1.82, 2.24) is 25.1 Å². The number of halogens is 2. The monoisotopic (exact) mass is 392 g/mol. The second-order valence-electron chi connectivity index (χ2n) is 7.10. The van der Waals surface area contributed by atoms with Crippen LogP contribution in [0.1, 0.15) is 12.5 Å². The van der Waals surface area contributed by atoms with Crippen molar-refractivity contribution < 1.29 is 8.78 Å². The van der Waals surface area contributed by atoms with E-state index < -0.39 is 5.82 Å². The van der Waals surface area contributed by atoms with Crippen LogP contribution in [0.5, 0.6) is 0 Å². The first kappa shape index (κ1) is 17.7. The average Bonchev–Trinajstić information content (AvgIpc) is 3.36. The van der Waals surface area contributed by atoms with Crippen molar-refractivity contribution >= 4 is 16.9 Å². The molecule has 4 aromatic rings. The lowest BCUT2D eigenvalue weighted by atomic mass is 10.0. The lowest BCUT2D eigenvalue weighted by Gasteiger charge is -2.09. The molecule has 0 radical (unpaired) electrons. The molecule has 0 amide bonds. The summed E-state index contributed by atoms with van der Waals surface area (Å²) in [6, 6.07) is 10.9. The van der Waals surface area contributed by atoms with Crippen LogP contribution in [0.2, 0.25) is 0 Å². The first-order valence-corrected chi connectivity index (χ1v) is 9.37. The molecule has 0 bridgehead atoms. The second kappa shape index (κ2) is 6.89. The van der Waals surface area contributed by atoms with Crippen LogP contribution in [-0.2, 0) is 0 Å². The Morgan fingerprint density at radius 2 is 1.93 bits per heavy atom. The predicted molar refractivity (Wildman–Crippen MR) is 107 cm³/mol. The minimum absolute atomic E-state index is 0.121. The summed E-state index contributed by atoms with van der Waals surface area (Å²) in [5.41, 5.74) is 8.60. The number of anilines is 1. The highest BCUT2D eigenvalue weighted by atomic mass is 19.1. The number of nitrogens with zero attached hydrogens (tertiary/aromatic N) is 4. The van der Waals surface area contributed by atoms with Gasteiger partial charge >= 0.3 is 0 Å². The Labute approximate surface area is 165 Å². The van der Waals surface area contributed by atoms with E-state index in [0.717, 1.165) is 19.5 Å². The Morgan fingerprint density at radius 1 is 1.07 bits per heavy atom. The van der Waals surface area contributed by atoms with Gasteiger partial charge in [-0.05, 0) is 48.4 Å². The number of aromatic nitrogens is 4. The maximum atomic E-state index is 15.1. The van der Waals surface area contributed by atoms with Gasteiger partial charge < -0.3 is 11.1 Å². The third-order valence-electron chi connectivity index (χ3n) is 5.28. The van der Waals surface area contributed by atoms with Gasteiger partial charge in [-0.1, -0.05) is 18.2 Å². The topological polar surface area (TPSA) is 81.7 Å². The quantitative estimate of drug-likeness (QED) is 0.557. The van der Waals surface area contributed by atoms with Gasteiger partial charge in [0.2, 0.25) is 0 Å². The molecule has 1 atom stereocenters. The molecule has 0 unspecified atom stereocenters. The second-order valence-corrected chi connectivity index (χ2v) is 7.10. The minimum atomic E-state index is -0.467. The fraction of sp³-hybridized carbons (Fsp3) is 0.190. The number of hydrogen-bond acceptors (Lipinski definition) is 5. The molecule has 1 saturated heterocycles. The summed E-state index contributed by atoms with van der Waals surface area (Å²) in [6.07, 6.45) is 2.30. The van der Waals surface area contributed by atoms with Gasteiger partial charge in [0.25, 0.3) is 0 Å². The molecule has 1 aliphatic heterocycles. The molecule has 1 fully saturated rings. The summed E-state index contributed by atoms with van der Waals surface area (Å²) in [7, 11) is 0. The van der Waals surface area contributed by atoms with Crippen molar-refractivity contribution in [2.45, 2.75) is 12.5 Å². The summed E-state index contributed by atoms with van der Waals surface area (Å²) in [4.78, 5) is 8.43. The van der Waals surface area contributed by atoms with E-state index in [1.54, 1.807) is 24.3 Å². The number of nitrogens with one attached hydrogen (secondary N) is 1. The number of nitrogens with two attached hydrogens (primary N) is 1. The molecule has 3 N–H and O–H groups in total. The van der Waals surface area contributed by atoms with Crippen LogP contribution in [0.15, 0.2) is 48.8 Å². The Hall–Kier alpha value is -3.39. The third kappa shape index (κ3) is 3.01. The van der Waals surface area contributed by atoms with Gasteiger partial charge in [0.1, 0.15) is 29.5 Å². The van der Waals surface area contributed by atoms with Gasteiger partial charge in [-0.25, -0.2) is 23.4 Å². The van der Waals surface area contributed by atoms with Gasteiger partial charge in [-0.3, -0.25) is 0 Å². The van der Waals surface area contributed by atoms with Crippen LogP contribution < -0.4 is 11.1 Å². The van der Waals surface area contributed by atoms with E-state index in [-0.39, 0.29) is 17.7 Å². The average molecular weight is 392 g/mol. The molecule has 29 heavy (non-hydrogen) atoms. The van der Waals surface area contributed by atoms with Crippen LogP contribution in [0, 0.1) is 11.6 Å². The van der Waals surface area contributed by atoms with Gasteiger partial charge in [-0.15, -0.1) is 0 Å². The smallest absolute Gasteiger partial charge is 0.164 e. The van der Waals surface area contributed by atoms with Crippen LogP contribution in [0.25, 0.3) is 33.4 Å². The molecular weight excluding hydrogens is 374 g/mol. The van der Waals surface area contributed by atoms with Gasteiger partial charge in [0, 0.05) is 12.1 Å². The molecular formula is C21H18F2N6. The number of benzene rings is 2. The van der Waals surface area contributed by atoms with E-state index in [2.05, 4.69) is 20.4 Å². The molecule has 2 aromatic heterocycles. The molecule has 0 aliphatic carbocycles. The highest BCUT2D eigenvalue weighted by molar-refractivity contribution is 5.98. The van der Waals surface area contributed by atoms with Crippen LogP contribution in [-0.4, -0.2) is 32.8 Å².